The Labute approximate surface area is 87.6 Å². The number of pyridine rings is 1. The molecule has 0 aliphatic carbocycles. The first-order valence-electron chi connectivity index (χ1n) is 4.36. The van der Waals surface area contributed by atoms with Gasteiger partial charge in [0.25, 0.3) is 0 Å². The van der Waals surface area contributed by atoms with Gasteiger partial charge in [-0.2, -0.15) is 0 Å². The van der Waals surface area contributed by atoms with E-state index in [-0.39, 0.29) is 5.78 Å². The average Bonchev–Trinajstić information content (AvgIpc) is 2.26. The van der Waals surface area contributed by atoms with Crippen molar-refractivity contribution in [3.05, 3.63) is 35.7 Å². The molecule has 1 rings (SSSR count). The largest absolute Gasteiger partial charge is 0.465 e. The molecule has 0 radical (unpaired) electrons. The summed E-state index contributed by atoms with van der Waals surface area (Å²) in [6.45, 7) is 1.46. The Balaban J connectivity index is 2.81. The molecular formula is C11H11NO3. The van der Waals surface area contributed by atoms with E-state index >= 15 is 0 Å². The van der Waals surface area contributed by atoms with Gasteiger partial charge in [-0.05, 0) is 31.2 Å². The molecule has 0 spiro atoms. The fourth-order valence-corrected chi connectivity index (χ4v) is 0.945. The summed E-state index contributed by atoms with van der Waals surface area (Å²) in [5, 5.41) is 0. The predicted octanol–water partition coefficient (Wildman–Crippen LogP) is 1.47. The number of nitrogens with zero attached hydrogens (tertiary/aromatic N) is 1. The van der Waals surface area contributed by atoms with E-state index in [0.29, 0.717) is 11.3 Å². The van der Waals surface area contributed by atoms with Crippen LogP contribution in [0.4, 0.5) is 0 Å². The highest BCUT2D eigenvalue weighted by atomic mass is 16.5. The lowest BCUT2D eigenvalue weighted by Gasteiger charge is -1.98. The normalized spacial score (nSPS) is 10.3. The van der Waals surface area contributed by atoms with Crippen molar-refractivity contribution in [1.29, 1.82) is 0 Å². The summed E-state index contributed by atoms with van der Waals surface area (Å²) in [6.07, 6.45) is 4.41. The summed E-state index contributed by atoms with van der Waals surface area (Å²) >= 11 is 0. The lowest BCUT2D eigenvalue weighted by atomic mass is 10.2. The van der Waals surface area contributed by atoms with Gasteiger partial charge in [0.2, 0.25) is 0 Å². The van der Waals surface area contributed by atoms with Gasteiger partial charge in [0.1, 0.15) is 0 Å². The van der Waals surface area contributed by atoms with E-state index in [9.17, 15) is 9.59 Å². The Kier molecular flexibility index (Phi) is 3.74. The van der Waals surface area contributed by atoms with Crippen LogP contribution < -0.4 is 0 Å². The van der Waals surface area contributed by atoms with Gasteiger partial charge in [-0.25, -0.2) is 4.79 Å². The lowest BCUT2D eigenvalue weighted by Crippen LogP contribution is -2.01. The Hall–Kier alpha value is -1.97. The van der Waals surface area contributed by atoms with Gasteiger partial charge in [0, 0.05) is 6.20 Å². The summed E-state index contributed by atoms with van der Waals surface area (Å²) in [4.78, 5) is 25.7. The predicted molar refractivity (Wildman–Crippen MR) is 55.3 cm³/mol. The van der Waals surface area contributed by atoms with Crippen LogP contribution in [0, 0.1) is 0 Å². The number of hydrogen-bond donors (Lipinski definition) is 0. The Morgan fingerprint density at radius 1 is 1.40 bits per heavy atom. The summed E-state index contributed by atoms with van der Waals surface area (Å²) < 4.78 is 4.52. The minimum Gasteiger partial charge on any atom is -0.465 e. The Bertz CT molecular complexity index is 393. The summed E-state index contributed by atoms with van der Waals surface area (Å²) in [6, 6.07) is 3.24. The topological polar surface area (TPSA) is 56.3 Å². The molecule has 0 N–H and O–H groups in total. The second-order valence-electron chi connectivity index (χ2n) is 2.91. The van der Waals surface area contributed by atoms with E-state index in [1.165, 1.54) is 26.3 Å². The standard InChI is InChI=1S/C11H11NO3/c1-8(13)3-5-10-6-4-9(7-12-10)11(14)15-2/h3-7H,1-2H3/b5-3+. The number of carbonyl (C=O) groups is 2. The minimum absolute atomic E-state index is 0.0474. The molecule has 0 saturated carbocycles. The van der Waals surface area contributed by atoms with Gasteiger partial charge in [-0.15, -0.1) is 0 Å². The number of carbonyl (C=O) groups excluding carboxylic acids is 2. The van der Waals surface area contributed by atoms with Crippen molar-refractivity contribution in [2.75, 3.05) is 7.11 Å². The quantitative estimate of drug-likeness (QED) is 0.554. The fraction of sp³-hybridized carbons (Fsp3) is 0.182. The van der Waals surface area contributed by atoms with Crippen molar-refractivity contribution in [1.82, 2.24) is 4.98 Å². The number of allylic oxidation sites excluding steroid dienone is 1. The molecule has 4 nitrogen and oxygen atoms in total. The van der Waals surface area contributed by atoms with Crippen molar-refractivity contribution >= 4 is 17.8 Å². The number of ether oxygens (including phenoxy) is 1. The van der Waals surface area contributed by atoms with Crippen LogP contribution in [-0.4, -0.2) is 23.8 Å². The molecule has 0 aliphatic rings. The SMILES string of the molecule is COC(=O)c1ccc(/C=C/C(C)=O)nc1. The minimum atomic E-state index is -0.426. The van der Waals surface area contributed by atoms with Gasteiger partial charge in [-0.3, -0.25) is 9.78 Å². The second kappa shape index (κ2) is 5.05. The molecule has 0 fully saturated rings. The fourth-order valence-electron chi connectivity index (χ4n) is 0.945. The van der Waals surface area contributed by atoms with Crippen molar-refractivity contribution in [3.8, 4) is 0 Å². The Morgan fingerprint density at radius 3 is 2.60 bits per heavy atom. The average molecular weight is 205 g/mol. The number of hydrogen-bond acceptors (Lipinski definition) is 4. The smallest absolute Gasteiger partial charge is 0.339 e. The molecule has 0 aromatic carbocycles. The molecule has 1 heterocycles. The zero-order valence-corrected chi connectivity index (χ0v) is 8.56. The maximum Gasteiger partial charge on any atom is 0.339 e. The maximum atomic E-state index is 11.1. The highest BCUT2D eigenvalue weighted by Crippen LogP contribution is 2.03. The monoisotopic (exact) mass is 205 g/mol. The molecule has 0 unspecified atom stereocenters. The van der Waals surface area contributed by atoms with E-state index in [1.54, 1.807) is 18.2 Å². The number of aromatic nitrogens is 1. The zero-order valence-electron chi connectivity index (χ0n) is 8.56. The molecule has 1 aromatic rings. The molecule has 1 aromatic heterocycles. The molecule has 0 aliphatic heterocycles. The number of methoxy groups -OCH3 is 1. The van der Waals surface area contributed by atoms with Crippen molar-refractivity contribution in [2.24, 2.45) is 0 Å². The van der Waals surface area contributed by atoms with Crippen LogP contribution in [0.15, 0.2) is 24.4 Å². The third-order valence-electron chi connectivity index (χ3n) is 1.70. The highest BCUT2D eigenvalue weighted by molar-refractivity contribution is 5.91. The Morgan fingerprint density at radius 2 is 2.13 bits per heavy atom. The summed E-state index contributed by atoms with van der Waals surface area (Å²) in [7, 11) is 1.31. The van der Waals surface area contributed by atoms with Crippen LogP contribution in [-0.2, 0) is 9.53 Å². The van der Waals surface area contributed by atoms with Crippen LogP contribution in [0.25, 0.3) is 6.08 Å². The number of ketones is 1. The van der Waals surface area contributed by atoms with Crippen LogP contribution >= 0.6 is 0 Å². The third kappa shape index (κ3) is 3.34. The summed E-state index contributed by atoms with van der Waals surface area (Å²) in [5.41, 5.74) is 1.01. The second-order valence-corrected chi connectivity index (χ2v) is 2.91. The number of rotatable bonds is 3. The first-order chi connectivity index (χ1) is 7.13. The van der Waals surface area contributed by atoms with Crippen molar-refractivity contribution in [2.45, 2.75) is 6.92 Å². The van der Waals surface area contributed by atoms with Crippen molar-refractivity contribution < 1.29 is 14.3 Å². The van der Waals surface area contributed by atoms with Gasteiger partial charge >= 0.3 is 5.97 Å². The molecule has 78 valence electrons. The first-order valence-corrected chi connectivity index (χ1v) is 4.36. The van der Waals surface area contributed by atoms with Crippen LogP contribution in [0.5, 0.6) is 0 Å². The summed E-state index contributed by atoms with van der Waals surface area (Å²) in [5.74, 6) is -0.474. The van der Waals surface area contributed by atoms with E-state index < -0.39 is 5.97 Å². The van der Waals surface area contributed by atoms with Gasteiger partial charge in [0.15, 0.2) is 5.78 Å². The zero-order chi connectivity index (χ0) is 11.3. The molecule has 0 atom stereocenters. The highest BCUT2D eigenvalue weighted by Gasteiger charge is 2.03. The van der Waals surface area contributed by atoms with E-state index in [1.807, 2.05) is 0 Å². The van der Waals surface area contributed by atoms with Gasteiger partial charge < -0.3 is 4.74 Å². The van der Waals surface area contributed by atoms with Crippen LogP contribution in [0.2, 0.25) is 0 Å². The molecule has 4 heteroatoms. The first kappa shape index (κ1) is 11.1. The third-order valence-corrected chi connectivity index (χ3v) is 1.70. The molecule has 0 amide bonds. The van der Waals surface area contributed by atoms with Gasteiger partial charge in [-0.1, -0.05) is 0 Å². The maximum absolute atomic E-state index is 11.1. The van der Waals surface area contributed by atoms with Crippen molar-refractivity contribution in [3.63, 3.8) is 0 Å². The lowest BCUT2D eigenvalue weighted by molar-refractivity contribution is -0.112. The van der Waals surface area contributed by atoms with Crippen LogP contribution in [0.1, 0.15) is 23.0 Å². The van der Waals surface area contributed by atoms with E-state index in [4.69, 9.17) is 0 Å². The van der Waals surface area contributed by atoms with E-state index in [2.05, 4.69) is 9.72 Å². The molecule has 0 bridgehead atoms. The number of esters is 1. The van der Waals surface area contributed by atoms with E-state index in [0.717, 1.165) is 0 Å². The molecular weight excluding hydrogens is 194 g/mol. The van der Waals surface area contributed by atoms with Gasteiger partial charge in [0.05, 0.1) is 18.4 Å². The van der Waals surface area contributed by atoms with Crippen LogP contribution in [0.3, 0.4) is 0 Å². The molecule has 0 saturated heterocycles. The molecule has 15 heavy (non-hydrogen) atoms.